The molecule has 0 aliphatic heterocycles. The Balaban J connectivity index is 1.93. The molecule has 18 heavy (non-hydrogen) atoms. The third kappa shape index (κ3) is 3.12. The topological polar surface area (TPSA) is 56.5 Å². The van der Waals surface area contributed by atoms with Crippen molar-refractivity contribution in [3.63, 3.8) is 0 Å². The Bertz CT molecular complexity index is 486. The van der Waals surface area contributed by atoms with Crippen molar-refractivity contribution in [2.75, 3.05) is 0 Å². The first-order valence-electron chi connectivity index (χ1n) is 6.39. The van der Waals surface area contributed by atoms with Gasteiger partial charge in [0.05, 0.1) is 5.69 Å². The molecular weight excluding hydrogens is 226 g/mol. The minimum Gasteiger partial charge on any atom is -0.253 e. The molecule has 0 amide bonds. The van der Waals surface area contributed by atoms with Gasteiger partial charge in [-0.2, -0.15) is 0 Å². The molecule has 0 saturated heterocycles. The molecule has 0 aromatic carbocycles. The van der Waals surface area contributed by atoms with Crippen LogP contribution in [0.2, 0.25) is 0 Å². The van der Waals surface area contributed by atoms with Crippen LogP contribution in [0.1, 0.15) is 43.8 Å². The molecule has 0 N–H and O–H groups in total. The summed E-state index contributed by atoms with van der Waals surface area (Å²) in [7, 11) is 0. The van der Waals surface area contributed by atoms with Crippen LogP contribution < -0.4 is 0 Å². The third-order valence-electron chi connectivity index (χ3n) is 2.82. The molecule has 2 aromatic rings. The molecule has 2 aromatic heterocycles. The average Bonchev–Trinajstić information content (AvgIpc) is 2.85. The highest BCUT2D eigenvalue weighted by atomic mass is 15.4. The summed E-state index contributed by atoms with van der Waals surface area (Å²) in [5, 5.41) is 8.14. The van der Waals surface area contributed by atoms with Gasteiger partial charge in [0.2, 0.25) is 0 Å². The van der Waals surface area contributed by atoms with Crippen LogP contribution in [0, 0.1) is 0 Å². The lowest BCUT2D eigenvalue weighted by Gasteiger charge is -2.03. The smallest absolute Gasteiger partial charge is 0.130 e. The van der Waals surface area contributed by atoms with Gasteiger partial charge in [-0.25, -0.2) is 9.97 Å². The summed E-state index contributed by atoms with van der Waals surface area (Å²) in [6.07, 6.45) is 7.59. The van der Waals surface area contributed by atoms with Gasteiger partial charge in [0.25, 0.3) is 0 Å². The van der Waals surface area contributed by atoms with E-state index in [1.807, 2.05) is 23.3 Å². The van der Waals surface area contributed by atoms with Gasteiger partial charge in [-0.05, 0) is 25.3 Å². The highest BCUT2D eigenvalue weighted by Crippen LogP contribution is 2.09. The van der Waals surface area contributed by atoms with Crippen molar-refractivity contribution in [3.05, 3.63) is 35.7 Å². The standard InChI is InChI=1S/C13H19N5/c1-4-18-9-12(16-17-18)6-5-11-7-14-13(10(2)3)15-8-11/h7-10H,4-6H2,1-3H3. The highest BCUT2D eigenvalue weighted by molar-refractivity contribution is 5.09. The van der Waals surface area contributed by atoms with Crippen LogP contribution in [0.3, 0.4) is 0 Å². The van der Waals surface area contributed by atoms with Crippen molar-refractivity contribution in [1.82, 2.24) is 25.0 Å². The van der Waals surface area contributed by atoms with E-state index in [0.29, 0.717) is 5.92 Å². The second-order valence-electron chi connectivity index (χ2n) is 4.67. The summed E-state index contributed by atoms with van der Waals surface area (Å²) in [5.74, 6) is 1.28. The van der Waals surface area contributed by atoms with Gasteiger partial charge >= 0.3 is 0 Å². The first-order valence-corrected chi connectivity index (χ1v) is 6.39. The van der Waals surface area contributed by atoms with E-state index >= 15 is 0 Å². The SMILES string of the molecule is CCn1cc(CCc2cnc(C(C)C)nc2)nn1. The minimum atomic E-state index is 0.378. The fourth-order valence-corrected chi connectivity index (χ4v) is 1.67. The van der Waals surface area contributed by atoms with E-state index in [9.17, 15) is 0 Å². The quantitative estimate of drug-likeness (QED) is 0.808. The molecule has 0 spiro atoms. The Labute approximate surface area is 107 Å². The predicted molar refractivity (Wildman–Crippen MR) is 69.2 cm³/mol. The van der Waals surface area contributed by atoms with Gasteiger partial charge < -0.3 is 0 Å². The summed E-state index contributed by atoms with van der Waals surface area (Å²) in [6.45, 7) is 7.10. The molecule has 0 aliphatic carbocycles. The number of aryl methyl sites for hydroxylation is 3. The second kappa shape index (κ2) is 5.71. The molecule has 2 heterocycles. The van der Waals surface area contributed by atoms with Gasteiger partial charge in [0, 0.05) is 31.1 Å². The van der Waals surface area contributed by atoms with Crippen LogP contribution >= 0.6 is 0 Å². The van der Waals surface area contributed by atoms with E-state index in [2.05, 4.69) is 41.1 Å². The van der Waals surface area contributed by atoms with Crippen molar-refractivity contribution in [2.45, 2.75) is 46.1 Å². The summed E-state index contributed by atoms with van der Waals surface area (Å²) in [5.41, 5.74) is 2.16. The molecule has 0 saturated carbocycles. The largest absolute Gasteiger partial charge is 0.253 e. The van der Waals surface area contributed by atoms with Crippen molar-refractivity contribution >= 4 is 0 Å². The van der Waals surface area contributed by atoms with Crippen LogP contribution in [-0.2, 0) is 19.4 Å². The maximum Gasteiger partial charge on any atom is 0.130 e. The van der Waals surface area contributed by atoms with Crippen LogP contribution in [0.15, 0.2) is 18.6 Å². The lowest BCUT2D eigenvalue weighted by Crippen LogP contribution is -1.99. The third-order valence-corrected chi connectivity index (χ3v) is 2.82. The molecule has 5 heteroatoms. The minimum absolute atomic E-state index is 0.378. The zero-order valence-electron chi connectivity index (χ0n) is 11.2. The van der Waals surface area contributed by atoms with E-state index in [4.69, 9.17) is 0 Å². The first kappa shape index (κ1) is 12.7. The Morgan fingerprint density at radius 1 is 1.17 bits per heavy atom. The Kier molecular flexibility index (Phi) is 4.02. The maximum atomic E-state index is 4.36. The van der Waals surface area contributed by atoms with E-state index in [1.54, 1.807) is 0 Å². The van der Waals surface area contributed by atoms with Crippen LogP contribution in [-0.4, -0.2) is 25.0 Å². The molecular formula is C13H19N5. The van der Waals surface area contributed by atoms with Gasteiger partial charge in [-0.15, -0.1) is 5.10 Å². The van der Waals surface area contributed by atoms with Crippen LogP contribution in [0.5, 0.6) is 0 Å². The number of aromatic nitrogens is 5. The van der Waals surface area contributed by atoms with E-state index in [0.717, 1.165) is 36.5 Å². The van der Waals surface area contributed by atoms with Gasteiger partial charge in [-0.3, -0.25) is 4.68 Å². The first-order chi connectivity index (χ1) is 8.69. The Hall–Kier alpha value is -1.78. The molecule has 0 radical (unpaired) electrons. The summed E-state index contributed by atoms with van der Waals surface area (Å²) < 4.78 is 1.84. The second-order valence-corrected chi connectivity index (χ2v) is 4.67. The lowest BCUT2D eigenvalue weighted by molar-refractivity contribution is 0.626. The van der Waals surface area contributed by atoms with Crippen LogP contribution in [0.25, 0.3) is 0 Å². The van der Waals surface area contributed by atoms with Gasteiger partial charge in [-0.1, -0.05) is 19.1 Å². The van der Waals surface area contributed by atoms with Crippen molar-refractivity contribution in [2.24, 2.45) is 0 Å². The molecule has 0 aliphatic rings. The summed E-state index contributed by atoms with van der Waals surface area (Å²) >= 11 is 0. The molecule has 0 atom stereocenters. The monoisotopic (exact) mass is 245 g/mol. The zero-order valence-corrected chi connectivity index (χ0v) is 11.2. The normalized spacial score (nSPS) is 11.1. The number of hydrogen-bond acceptors (Lipinski definition) is 4. The molecule has 0 fully saturated rings. The molecule has 5 nitrogen and oxygen atoms in total. The molecule has 2 rings (SSSR count). The fourth-order valence-electron chi connectivity index (χ4n) is 1.67. The fraction of sp³-hybridized carbons (Fsp3) is 0.538. The van der Waals surface area contributed by atoms with E-state index in [-0.39, 0.29) is 0 Å². The number of nitrogens with zero attached hydrogens (tertiary/aromatic N) is 5. The van der Waals surface area contributed by atoms with E-state index in [1.165, 1.54) is 0 Å². The van der Waals surface area contributed by atoms with Crippen molar-refractivity contribution < 1.29 is 0 Å². The predicted octanol–water partition coefficient (Wildman–Crippen LogP) is 2.00. The van der Waals surface area contributed by atoms with Crippen molar-refractivity contribution in [1.29, 1.82) is 0 Å². The summed E-state index contributed by atoms with van der Waals surface area (Å²) in [4.78, 5) is 8.72. The molecule has 0 unspecified atom stereocenters. The van der Waals surface area contributed by atoms with Crippen LogP contribution in [0.4, 0.5) is 0 Å². The van der Waals surface area contributed by atoms with Gasteiger partial charge in [0.1, 0.15) is 5.82 Å². The van der Waals surface area contributed by atoms with Gasteiger partial charge in [0.15, 0.2) is 0 Å². The average molecular weight is 245 g/mol. The number of hydrogen-bond donors (Lipinski definition) is 0. The maximum absolute atomic E-state index is 4.36. The highest BCUT2D eigenvalue weighted by Gasteiger charge is 2.04. The molecule has 0 bridgehead atoms. The molecule has 96 valence electrons. The number of rotatable bonds is 5. The van der Waals surface area contributed by atoms with E-state index < -0.39 is 0 Å². The zero-order chi connectivity index (χ0) is 13.0. The summed E-state index contributed by atoms with van der Waals surface area (Å²) in [6, 6.07) is 0. The Morgan fingerprint density at radius 3 is 2.44 bits per heavy atom. The Morgan fingerprint density at radius 2 is 1.89 bits per heavy atom. The lowest BCUT2D eigenvalue weighted by atomic mass is 10.1. The van der Waals surface area contributed by atoms with Crippen molar-refractivity contribution in [3.8, 4) is 0 Å².